The average molecular weight is 777 g/mol. The van der Waals surface area contributed by atoms with Gasteiger partial charge in [0.25, 0.3) is 0 Å². The maximum absolute atomic E-state index is 13.0. The van der Waals surface area contributed by atoms with Gasteiger partial charge < -0.3 is 33.2 Å². The molecule has 10 nitrogen and oxygen atoms in total. The van der Waals surface area contributed by atoms with Crippen molar-refractivity contribution in [3.63, 3.8) is 0 Å². The van der Waals surface area contributed by atoms with Crippen LogP contribution in [0.4, 0.5) is 0 Å². The van der Waals surface area contributed by atoms with E-state index in [2.05, 4.69) is 6.07 Å². The third-order valence-corrected chi connectivity index (χ3v) is 8.85. The van der Waals surface area contributed by atoms with E-state index in [4.69, 9.17) is 33.2 Å². The second-order valence-electron chi connectivity index (χ2n) is 17.4. The van der Waals surface area contributed by atoms with E-state index in [9.17, 15) is 14.4 Å². The molecule has 0 N–H and O–H groups in total. The normalized spacial score (nSPS) is 13.0. The molecule has 10 heteroatoms. The first-order valence-corrected chi connectivity index (χ1v) is 19.1. The number of ether oxygens (including phenoxy) is 7. The fourth-order valence-electron chi connectivity index (χ4n) is 7.08. The second-order valence-corrected chi connectivity index (χ2v) is 17.4. The van der Waals surface area contributed by atoms with Crippen LogP contribution in [0.3, 0.4) is 0 Å². The average Bonchev–Trinajstić information content (AvgIpc) is 3.09. The molecule has 0 amide bonds. The molecule has 1 aliphatic heterocycles. The molecule has 0 aromatic heterocycles. The van der Waals surface area contributed by atoms with Gasteiger partial charge in [0.1, 0.15) is 45.6 Å². The molecule has 6 rings (SSSR count). The maximum atomic E-state index is 13.0. The number of hydrogen-bond acceptors (Lipinski definition) is 10. The van der Waals surface area contributed by atoms with E-state index in [-0.39, 0.29) is 19.8 Å². The number of rotatable bonds is 10. The Morgan fingerprint density at radius 1 is 0.544 bits per heavy atom. The van der Waals surface area contributed by atoms with Crippen molar-refractivity contribution in [1.82, 2.24) is 0 Å². The van der Waals surface area contributed by atoms with E-state index in [0.29, 0.717) is 28.7 Å². The van der Waals surface area contributed by atoms with Gasteiger partial charge in [-0.05, 0) is 140 Å². The van der Waals surface area contributed by atoms with Crippen LogP contribution >= 0.6 is 0 Å². The Balaban J connectivity index is 1.48. The van der Waals surface area contributed by atoms with Crippen LogP contribution in [0, 0.1) is 13.8 Å². The molecule has 0 aliphatic carbocycles. The molecule has 0 saturated heterocycles. The first-order chi connectivity index (χ1) is 26.6. The van der Waals surface area contributed by atoms with Gasteiger partial charge in [-0.1, -0.05) is 42.0 Å². The number of hydrogen-bond donors (Lipinski definition) is 0. The van der Waals surface area contributed by atoms with Crippen molar-refractivity contribution in [3.05, 3.63) is 101 Å². The standard InChI is InChI=1S/C47H52O10/c1-27-20-28(2)44(53-26-40(50)57-47(9,10)11)35(21-27)43-41-33-16-14-31(51-24-38(48)55-45(3,4)5)22-29(33)12-18-36(41)54-37-19-13-30-23-32(15-17-34(30)42(37)43)52-25-39(49)56-46(6,7)8/h12-23,43H,24-26H2,1-11H3. The zero-order valence-electron chi connectivity index (χ0n) is 34.7. The highest BCUT2D eigenvalue weighted by Gasteiger charge is 2.35. The summed E-state index contributed by atoms with van der Waals surface area (Å²) >= 11 is 0. The molecule has 1 heterocycles. The molecule has 0 saturated carbocycles. The Morgan fingerprint density at radius 2 is 0.965 bits per heavy atom. The van der Waals surface area contributed by atoms with Gasteiger partial charge in [-0.25, -0.2) is 14.4 Å². The van der Waals surface area contributed by atoms with Gasteiger partial charge >= 0.3 is 17.9 Å². The summed E-state index contributed by atoms with van der Waals surface area (Å²) in [7, 11) is 0. The number of aryl methyl sites for hydroxylation is 2. The molecule has 0 fully saturated rings. The van der Waals surface area contributed by atoms with E-state index in [1.807, 2.05) is 143 Å². The highest BCUT2D eigenvalue weighted by Crippen LogP contribution is 2.54. The highest BCUT2D eigenvalue weighted by atomic mass is 16.6. The van der Waals surface area contributed by atoms with Crippen LogP contribution in [-0.2, 0) is 28.6 Å². The number of carbonyl (C=O) groups excluding carboxylic acids is 3. The smallest absolute Gasteiger partial charge is 0.344 e. The lowest BCUT2D eigenvalue weighted by atomic mass is 9.77. The van der Waals surface area contributed by atoms with E-state index in [1.54, 1.807) is 0 Å². The van der Waals surface area contributed by atoms with Crippen molar-refractivity contribution in [2.45, 2.75) is 98.9 Å². The van der Waals surface area contributed by atoms with E-state index < -0.39 is 40.6 Å². The number of benzene rings is 5. The van der Waals surface area contributed by atoms with Gasteiger partial charge in [0.15, 0.2) is 19.8 Å². The van der Waals surface area contributed by atoms with Gasteiger partial charge in [0, 0.05) is 22.6 Å². The Kier molecular flexibility index (Phi) is 11.2. The summed E-state index contributed by atoms with van der Waals surface area (Å²) in [5.74, 6) is 1.08. The highest BCUT2D eigenvalue weighted by molar-refractivity contribution is 5.96. The second kappa shape index (κ2) is 15.6. The Morgan fingerprint density at radius 3 is 1.39 bits per heavy atom. The fraction of sp³-hybridized carbons (Fsp3) is 0.383. The number of fused-ring (bicyclic) bond motifs is 6. The Bertz CT molecular complexity index is 2230. The van der Waals surface area contributed by atoms with Crippen molar-refractivity contribution in [2.75, 3.05) is 19.8 Å². The predicted octanol–water partition coefficient (Wildman–Crippen LogP) is 10.1. The van der Waals surface area contributed by atoms with Crippen LogP contribution in [0.15, 0.2) is 72.8 Å². The molecule has 1 aliphatic rings. The molecule has 5 aromatic rings. The summed E-state index contributed by atoms with van der Waals surface area (Å²) < 4.78 is 41.4. The molecule has 0 unspecified atom stereocenters. The van der Waals surface area contributed by atoms with Gasteiger partial charge in [0.05, 0.1) is 0 Å². The SMILES string of the molecule is Cc1cc(C)c(OCC(=O)OC(C)(C)C)c(C2c3c(ccc4cc(OCC(=O)OC(C)(C)C)ccc34)Oc3ccc4cc(OCC(=O)OC(C)(C)C)ccc4c32)c1. The van der Waals surface area contributed by atoms with Crippen LogP contribution in [0.25, 0.3) is 21.5 Å². The number of carbonyl (C=O) groups is 3. The van der Waals surface area contributed by atoms with E-state index in [1.165, 1.54) is 0 Å². The molecule has 0 spiro atoms. The van der Waals surface area contributed by atoms with Crippen LogP contribution in [0.2, 0.25) is 0 Å². The summed E-state index contributed by atoms with van der Waals surface area (Å²) in [6, 6.07) is 23.3. The van der Waals surface area contributed by atoms with Crippen LogP contribution in [0.5, 0.6) is 28.7 Å². The lowest BCUT2D eigenvalue weighted by molar-refractivity contribution is -0.158. The van der Waals surface area contributed by atoms with Crippen molar-refractivity contribution >= 4 is 39.5 Å². The molecule has 5 aromatic carbocycles. The monoisotopic (exact) mass is 776 g/mol. The lowest BCUT2D eigenvalue weighted by Crippen LogP contribution is -2.27. The summed E-state index contributed by atoms with van der Waals surface area (Å²) in [5, 5.41) is 3.54. The largest absolute Gasteiger partial charge is 0.482 e. The minimum absolute atomic E-state index is 0.233. The molecular formula is C47H52O10. The maximum Gasteiger partial charge on any atom is 0.344 e. The van der Waals surface area contributed by atoms with Crippen LogP contribution < -0.4 is 18.9 Å². The summed E-state index contributed by atoms with van der Waals surface area (Å²) in [6.07, 6.45) is 0. The summed E-state index contributed by atoms with van der Waals surface area (Å²) in [5.41, 5.74) is 2.57. The van der Waals surface area contributed by atoms with Crippen LogP contribution in [-0.4, -0.2) is 54.5 Å². The molecule has 0 radical (unpaired) electrons. The van der Waals surface area contributed by atoms with Gasteiger partial charge in [0.2, 0.25) is 0 Å². The van der Waals surface area contributed by atoms with Crippen molar-refractivity contribution in [1.29, 1.82) is 0 Å². The molecule has 300 valence electrons. The van der Waals surface area contributed by atoms with Gasteiger partial charge in [-0.2, -0.15) is 0 Å². The molecule has 0 bridgehead atoms. The Hall–Kier alpha value is -5.77. The minimum Gasteiger partial charge on any atom is -0.482 e. The number of esters is 3. The van der Waals surface area contributed by atoms with Crippen LogP contribution in [0.1, 0.15) is 96.0 Å². The zero-order chi connectivity index (χ0) is 41.4. The minimum atomic E-state index is -0.674. The molecule has 0 atom stereocenters. The van der Waals surface area contributed by atoms with E-state index >= 15 is 0 Å². The van der Waals surface area contributed by atoms with Crippen molar-refractivity contribution in [3.8, 4) is 28.7 Å². The zero-order valence-corrected chi connectivity index (χ0v) is 34.7. The topological polar surface area (TPSA) is 116 Å². The third kappa shape index (κ3) is 9.97. The van der Waals surface area contributed by atoms with Gasteiger partial charge in [-0.3, -0.25) is 0 Å². The first kappa shape index (κ1) is 40.9. The molecule has 57 heavy (non-hydrogen) atoms. The molecular weight excluding hydrogens is 725 g/mol. The van der Waals surface area contributed by atoms with E-state index in [0.717, 1.165) is 49.4 Å². The predicted molar refractivity (Wildman–Crippen MR) is 219 cm³/mol. The first-order valence-electron chi connectivity index (χ1n) is 19.1. The van der Waals surface area contributed by atoms with Gasteiger partial charge in [-0.15, -0.1) is 0 Å². The fourth-order valence-corrected chi connectivity index (χ4v) is 7.08. The third-order valence-electron chi connectivity index (χ3n) is 8.85. The quantitative estimate of drug-likeness (QED) is 0.0983. The van der Waals surface area contributed by atoms with Crippen molar-refractivity contribution in [2.24, 2.45) is 0 Å². The lowest BCUT2D eigenvalue weighted by Gasteiger charge is -2.33. The Labute approximate surface area is 334 Å². The summed E-state index contributed by atoms with van der Waals surface area (Å²) in [4.78, 5) is 37.9. The van der Waals surface area contributed by atoms with Crippen molar-refractivity contribution < 1.29 is 47.5 Å². The summed E-state index contributed by atoms with van der Waals surface area (Å²) in [6.45, 7) is 19.6.